The Balaban J connectivity index is 1.76. The summed E-state index contributed by atoms with van der Waals surface area (Å²) in [5, 5.41) is 4.75. The number of fused-ring (bicyclic) bond motifs is 1. The number of hydrogen-bond acceptors (Lipinski definition) is 5. The zero-order chi connectivity index (χ0) is 21.3. The van der Waals surface area contributed by atoms with E-state index in [9.17, 15) is 14.4 Å². The van der Waals surface area contributed by atoms with Gasteiger partial charge in [-0.3, -0.25) is 18.7 Å². The molecule has 0 atom stereocenters. The van der Waals surface area contributed by atoms with Crippen LogP contribution < -0.4 is 16.6 Å². The van der Waals surface area contributed by atoms with Gasteiger partial charge in [0.15, 0.2) is 5.52 Å². The maximum atomic E-state index is 13.2. The Morgan fingerprint density at radius 2 is 1.93 bits per heavy atom. The van der Waals surface area contributed by atoms with Crippen molar-refractivity contribution in [2.24, 2.45) is 0 Å². The molecule has 0 aliphatic rings. The Kier molecular flexibility index (Phi) is 5.33. The molecule has 7 nitrogen and oxygen atoms in total. The van der Waals surface area contributed by atoms with E-state index in [2.05, 4.69) is 10.3 Å². The van der Waals surface area contributed by atoms with E-state index in [1.54, 1.807) is 12.1 Å². The van der Waals surface area contributed by atoms with Crippen LogP contribution in [0.2, 0.25) is 0 Å². The number of rotatable bonds is 5. The molecule has 3 heterocycles. The number of nitrogens with zero attached hydrogens (tertiary/aromatic N) is 3. The molecule has 3 aromatic heterocycles. The van der Waals surface area contributed by atoms with E-state index in [0.29, 0.717) is 11.2 Å². The molecule has 8 heteroatoms. The number of hydrogen-bond donors (Lipinski definition) is 1. The molecule has 0 saturated heterocycles. The normalized spacial score (nSPS) is 11.0. The summed E-state index contributed by atoms with van der Waals surface area (Å²) in [7, 11) is 0. The summed E-state index contributed by atoms with van der Waals surface area (Å²) < 4.78 is 2.43. The average molecular weight is 420 g/mol. The lowest BCUT2D eigenvalue weighted by Gasteiger charge is -2.14. The van der Waals surface area contributed by atoms with E-state index in [1.165, 1.54) is 22.1 Å². The van der Waals surface area contributed by atoms with E-state index in [1.807, 2.05) is 49.6 Å². The highest BCUT2D eigenvalue weighted by Gasteiger charge is 2.17. The number of aromatic nitrogens is 3. The minimum absolute atomic E-state index is 0.139. The smallest absolute Gasteiger partial charge is 0.324 e. The lowest BCUT2D eigenvalue weighted by atomic mass is 10.1. The minimum atomic E-state index is -0.537. The van der Waals surface area contributed by atoms with Gasteiger partial charge >= 0.3 is 5.69 Å². The van der Waals surface area contributed by atoms with Crippen molar-refractivity contribution >= 4 is 34.0 Å². The highest BCUT2D eigenvalue weighted by molar-refractivity contribution is 7.09. The summed E-state index contributed by atoms with van der Waals surface area (Å²) in [5.74, 6) is -0.350. The molecule has 0 aliphatic carbocycles. The quantitative estimate of drug-likeness (QED) is 0.538. The molecule has 1 aromatic carbocycles. The lowest BCUT2D eigenvalue weighted by Crippen LogP contribution is -2.42. The topological polar surface area (TPSA) is 86.0 Å². The number of thiophene rings is 1. The molecular formula is C22H20N4O3S. The van der Waals surface area contributed by atoms with Gasteiger partial charge in [-0.2, -0.15) is 0 Å². The standard InChI is InChI=1S/C22H20N4O3S/c1-14-7-8-15(2)17(11-14)24-19(27)13-25-18-6-3-9-23-20(18)21(28)26(22(25)29)12-16-5-4-10-30-16/h3-11H,12-13H2,1-2H3,(H,24,27). The second-order valence-corrected chi connectivity index (χ2v) is 8.11. The molecule has 4 aromatic rings. The van der Waals surface area contributed by atoms with Crippen LogP contribution in [0.1, 0.15) is 16.0 Å². The first kappa shape index (κ1) is 19.8. The van der Waals surface area contributed by atoms with Gasteiger partial charge in [0.2, 0.25) is 5.91 Å². The van der Waals surface area contributed by atoms with Crippen molar-refractivity contribution in [3.05, 3.63) is 90.9 Å². The highest BCUT2D eigenvalue weighted by atomic mass is 32.1. The van der Waals surface area contributed by atoms with Crippen molar-refractivity contribution in [1.29, 1.82) is 0 Å². The molecule has 0 spiro atoms. The van der Waals surface area contributed by atoms with E-state index in [-0.39, 0.29) is 24.5 Å². The Bertz CT molecular complexity index is 1350. The predicted octanol–water partition coefficient (Wildman–Crippen LogP) is 2.92. The van der Waals surface area contributed by atoms with Crippen molar-refractivity contribution in [1.82, 2.24) is 14.1 Å². The van der Waals surface area contributed by atoms with Crippen molar-refractivity contribution < 1.29 is 4.79 Å². The summed E-state index contributed by atoms with van der Waals surface area (Å²) in [4.78, 5) is 43.9. The van der Waals surface area contributed by atoms with Gasteiger partial charge in [-0.1, -0.05) is 18.2 Å². The zero-order valence-electron chi connectivity index (χ0n) is 16.6. The number of carbonyl (C=O) groups is 1. The highest BCUT2D eigenvalue weighted by Crippen LogP contribution is 2.16. The number of benzene rings is 1. The first-order chi connectivity index (χ1) is 14.4. The van der Waals surface area contributed by atoms with Gasteiger partial charge < -0.3 is 5.32 Å². The van der Waals surface area contributed by atoms with E-state index < -0.39 is 11.2 Å². The molecule has 0 fully saturated rings. The van der Waals surface area contributed by atoms with Gasteiger partial charge in [-0.25, -0.2) is 9.78 Å². The molecule has 1 N–H and O–H groups in total. The van der Waals surface area contributed by atoms with Crippen LogP contribution in [0.4, 0.5) is 5.69 Å². The fraction of sp³-hybridized carbons (Fsp3) is 0.182. The Labute approximate surface area is 176 Å². The minimum Gasteiger partial charge on any atom is -0.324 e. The third-order valence-electron chi connectivity index (χ3n) is 4.85. The van der Waals surface area contributed by atoms with Crippen LogP contribution in [0.5, 0.6) is 0 Å². The van der Waals surface area contributed by atoms with E-state index in [0.717, 1.165) is 20.6 Å². The first-order valence-corrected chi connectivity index (χ1v) is 10.3. The second-order valence-electron chi connectivity index (χ2n) is 7.08. The lowest BCUT2D eigenvalue weighted by molar-refractivity contribution is -0.116. The van der Waals surface area contributed by atoms with Crippen LogP contribution in [0.25, 0.3) is 11.0 Å². The molecule has 152 valence electrons. The summed E-state index contributed by atoms with van der Waals surface area (Å²) in [6, 6.07) is 12.8. The number of anilines is 1. The number of nitrogens with one attached hydrogen (secondary N) is 1. The van der Waals surface area contributed by atoms with Crippen LogP contribution in [-0.2, 0) is 17.9 Å². The van der Waals surface area contributed by atoms with Crippen molar-refractivity contribution in [3.8, 4) is 0 Å². The molecule has 0 aliphatic heterocycles. The number of aryl methyl sites for hydroxylation is 2. The Hall–Kier alpha value is -3.52. The maximum absolute atomic E-state index is 13.2. The van der Waals surface area contributed by atoms with Gasteiger partial charge in [-0.15, -0.1) is 11.3 Å². The largest absolute Gasteiger partial charge is 0.332 e. The third-order valence-corrected chi connectivity index (χ3v) is 5.71. The van der Waals surface area contributed by atoms with Crippen LogP contribution >= 0.6 is 11.3 Å². The monoisotopic (exact) mass is 420 g/mol. The molecular weight excluding hydrogens is 400 g/mol. The first-order valence-electron chi connectivity index (χ1n) is 9.42. The molecule has 0 radical (unpaired) electrons. The van der Waals surface area contributed by atoms with E-state index >= 15 is 0 Å². The fourth-order valence-electron chi connectivity index (χ4n) is 3.30. The molecule has 4 rings (SSSR count). The summed E-state index contributed by atoms with van der Waals surface area (Å²) in [6.07, 6.45) is 1.50. The SMILES string of the molecule is Cc1ccc(C)c(NC(=O)Cn2c(=O)n(Cc3cccs3)c(=O)c3ncccc32)c1. The second kappa shape index (κ2) is 8.08. The van der Waals surface area contributed by atoms with E-state index in [4.69, 9.17) is 0 Å². The third kappa shape index (κ3) is 3.81. The maximum Gasteiger partial charge on any atom is 0.332 e. The van der Waals surface area contributed by atoms with Crippen molar-refractivity contribution in [3.63, 3.8) is 0 Å². The molecule has 0 unspecified atom stereocenters. The average Bonchev–Trinajstić information content (AvgIpc) is 3.24. The Morgan fingerprint density at radius 3 is 2.70 bits per heavy atom. The summed E-state index contributed by atoms with van der Waals surface area (Å²) >= 11 is 1.46. The van der Waals surface area contributed by atoms with Crippen LogP contribution in [0, 0.1) is 13.8 Å². The van der Waals surface area contributed by atoms with Crippen molar-refractivity contribution in [2.45, 2.75) is 26.9 Å². The zero-order valence-corrected chi connectivity index (χ0v) is 17.4. The fourth-order valence-corrected chi connectivity index (χ4v) is 3.99. The number of carbonyl (C=O) groups excluding carboxylic acids is 1. The van der Waals surface area contributed by atoms with Gasteiger partial charge in [0.1, 0.15) is 6.54 Å². The number of pyridine rings is 1. The summed E-state index contributed by atoms with van der Waals surface area (Å²) in [6.45, 7) is 3.76. The molecule has 0 saturated carbocycles. The molecule has 30 heavy (non-hydrogen) atoms. The van der Waals surface area contributed by atoms with Crippen LogP contribution in [0.15, 0.2) is 63.6 Å². The summed E-state index contributed by atoms with van der Waals surface area (Å²) in [5.41, 5.74) is 2.14. The molecule has 1 amide bonds. The van der Waals surface area contributed by atoms with Gasteiger partial charge in [0, 0.05) is 16.8 Å². The number of amides is 1. The predicted molar refractivity (Wildman–Crippen MR) is 118 cm³/mol. The van der Waals surface area contributed by atoms with Gasteiger partial charge in [0.05, 0.1) is 12.1 Å². The molecule has 0 bridgehead atoms. The van der Waals surface area contributed by atoms with Gasteiger partial charge in [-0.05, 0) is 54.6 Å². The Morgan fingerprint density at radius 1 is 1.10 bits per heavy atom. The van der Waals surface area contributed by atoms with Gasteiger partial charge in [0.25, 0.3) is 5.56 Å². The van der Waals surface area contributed by atoms with Crippen molar-refractivity contribution in [2.75, 3.05) is 5.32 Å². The van der Waals surface area contributed by atoms with Crippen LogP contribution in [-0.4, -0.2) is 20.0 Å². The van der Waals surface area contributed by atoms with Crippen LogP contribution in [0.3, 0.4) is 0 Å².